The number of carbonyl (C=O) groups excluding carboxylic acids is 1. The lowest BCUT2D eigenvalue weighted by Gasteiger charge is -2.27. The molecule has 108 valence electrons. The summed E-state index contributed by atoms with van der Waals surface area (Å²) in [7, 11) is 4.12. The van der Waals surface area contributed by atoms with Crippen LogP contribution in [0.2, 0.25) is 0 Å². The highest BCUT2D eigenvalue weighted by molar-refractivity contribution is 5.78. The lowest BCUT2D eigenvalue weighted by atomic mass is 10.0. The lowest BCUT2D eigenvalue weighted by molar-refractivity contribution is -0.125. The zero-order valence-electron chi connectivity index (χ0n) is 12.7. The monoisotopic (exact) mass is 257 g/mol. The van der Waals surface area contributed by atoms with Crippen LogP contribution in [0.15, 0.2) is 0 Å². The number of amides is 1. The number of likely N-dealkylation sites (N-methyl/N-ethyl adjacent to an activating group) is 1. The van der Waals surface area contributed by atoms with E-state index < -0.39 is 0 Å². The minimum Gasteiger partial charge on any atom is -0.354 e. The van der Waals surface area contributed by atoms with Gasteiger partial charge >= 0.3 is 0 Å². The van der Waals surface area contributed by atoms with Gasteiger partial charge in [-0.1, -0.05) is 27.2 Å². The van der Waals surface area contributed by atoms with Crippen molar-refractivity contribution in [2.24, 2.45) is 17.6 Å². The van der Waals surface area contributed by atoms with Gasteiger partial charge < -0.3 is 16.0 Å². The highest BCUT2D eigenvalue weighted by atomic mass is 16.1. The summed E-state index contributed by atoms with van der Waals surface area (Å²) in [6.45, 7) is 7.65. The van der Waals surface area contributed by atoms with Crippen molar-refractivity contribution in [3.05, 3.63) is 0 Å². The molecule has 0 saturated carbocycles. The first kappa shape index (κ1) is 17.4. The Kier molecular flexibility index (Phi) is 9.02. The van der Waals surface area contributed by atoms with Crippen molar-refractivity contribution in [2.45, 2.75) is 46.1 Å². The maximum Gasteiger partial charge on any atom is 0.224 e. The molecule has 0 aromatic rings. The topological polar surface area (TPSA) is 58.4 Å². The van der Waals surface area contributed by atoms with Gasteiger partial charge in [0.15, 0.2) is 0 Å². The first-order valence-corrected chi connectivity index (χ1v) is 7.06. The van der Waals surface area contributed by atoms with Gasteiger partial charge in [0, 0.05) is 19.1 Å². The third-order valence-corrected chi connectivity index (χ3v) is 3.28. The van der Waals surface area contributed by atoms with E-state index in [2.05, 4.69) is 45.1 Å². The molecule has 0 bridgehead atoms. The van der Waals surface area contributed by atoms with E-state index in [1.54, 1.807) is 0 Å². The van der Waals surface area contributed by atoms with Crippen molar-refractivity contribution in [1.82, 2.24) is 10.2 Å². The third-order valence-electron chi connectivity index (χ3n) is 3.28. The van der Waals surface area contributed by atoms with Gasteiger partial charge in [-0.05, 0) is 32.9 Å². The van der Waals surface area contributed by atoms with Crippen LogP contribution in [0, 0.1) is 11.8 Å². The standard InChI is InChI=1S/C14H31N3O/c1-6-7-12(9-15)14(18)16-10-13(17(4)5)8-11(2)3/h11-13H,6-10,15H2,1-5H3,(H,16,18). The van der Waals surface area contributed by atoms with E-state index in [9.17, 15) is 4.79 Å². The maximum atomic E-state index is 12.0. The van der Waals surface area contributed by atoms with Crippen molar-refractivity contribution < 1.29 is 4.79 Å². The first-order valence-electron chi connectivity index (χ1n) is 7.06. The first-order chi connectivity index (χ1) is 8.42. The highest BCUT2D eigenvalue weighted by Crippen LogP contribution is 2.09. The minimum absolute atomic E-state index is 0.0307. The van der Waals surface area contributed by atoms with Gasteiger partial charge in [-0.2, -0.15) is 0 Å². The molecule has 2 atom stereocenters. The Hall–Kier alpha value is -0.610. The fraction of sp³-hybridized carbons (Fsp3) is 0.929. The third kappa shape index (κ3) is 6.97. The molecule has 1 amide bonds. The molecule has 0 aliphatic heterocycles. The smallest absolute Gasteiger partial charge is 0.224 e. The molecule has 2 unspecified atom stereocenters. The molecule has 4 heteroatoms. The van der Waals surface area contributed by atoms with Crippen LogP contribution in [0.4, 0.5) is 0 Å². The molecule has 0 spiro atoms. The van der Waals surface area contributed by atoms with E-state index in [0.29, 0.717) is 25.0 Å². The fourth-order valence-electron chi connectivity index (χ4n) is 2.09. The van der Waals surface area contributed by atoms with Crippen molar-refractivity contribution in [2.75, 3.05) is 27.2 Å². The summed E-state index contributed by atoms with van der Waals surface area (Å²) in [6, 6.07) is 0.397. The number of nitrogens with zero attached hydrogens (tertiary/aromatic N) is 1. The molecule has 0 saturated heterocycles. The molecule has 18 heavy (non-hydrogen) atoms. The summed E-state index contributed by atoms with van der Waals surface area (Å²) < 4.78 is 0. The second kappa shape index (κ2) is 9.34. The van der Waals surface area contributed by atoms with Crippen LogP contribution in [-0.4, -0.2) is 44.0 Å². The van der Waals surface area contributed by atoms with Gasteiger partial charge in [-0.15, -0.1) is 0 Å². The number of nitrogens with two attached hydrogens (primary N) is 1. The van der Waals surface area contributed by atoms with E-state index in [-0.39, 0.29) is 11.8 Å². The molecular weight excluding hydrogens is 226 g/mol. The predicted octanol–water partition coefficient (Wildman–Crippen LogP) is 1.45. The van der Waals surface area contributed by atoms with Gasteiger partial charge in [0.2, 0.25) is 5.91 Å². The molecule has 0 rings (SSSR count). The molecule has 0 aliphatic carbocycles. The minimum atomic E-state index is -0.0307. The summed E-state index contributed by atoms with van der Waals surface area (Å²) in [5.41, 5.74) is 5.64. The molecule has 0 heterocycles. The average molecular weight is 257 g/mol. The van der Waals surface area contributed by atoms with Crippen molar-refractivity contribution in [3.63, 3.8) is 0 Å². The van der Waals surface area contributed by atoms with E-state index in [4.69, 9.17) is 5.73 Å². The second-order valence-corrected chi connectivity index (χ2v) is 5.71. The fourth-order valence-corrected chi connectivity index (χ4v) is 2.09. The number of hydrogen-bond donors (Lipinski definition) is 2. The van der Waals surface area contributed by atoms with E-state index in [1.165, 1.54) is 0 Å². The molecule has 0 aliphatic rings. The van der Waals surface area contributed by atoms with Crippen molar-refractivity contribution in [3.8, 4) is 0 Å². The Morgan fingerprint density at radius 2 is 1.94 bits per heavy atom. The molecule has 0 aromatic carbocycles. The normalized spacial score (nSPS) is 14.9. The highest BCUT2D eigenvalue weighted by Gasteiger charge is 2.18. The average Bonchev–Trinajstić information content (AvgIpc) is 2.30. The lowest BCUT2D eigenvalue weighted by Crippen LogP contribution is -2.44. The largest absolute Gasteiger partial charge is 0.354 e. The summed E-state index contributed by atoms with van der Waals surface area (Å²) >= 11 is 0. The van der Waals surface area contributed by atoms with Crippen molar-refractivity contribution >= 4 is 5.91 Å². The molecule has 0 fully saturated rings. The Morgan fingerprint density at radius 1 is 1.33 bits per heavy atom. The van der Waals surface area contributed by atoms with Crippen molar-refractivity contribution in [1.29, 1.82) is 0 Å². The number of nitrogens with one attached hydrogen (secondary N) is 1. The summed E-state index contributed by atoms with van der Waals surface area (Å²) in [6.07, 6.45) is 2.96. The summed E-state index contributed by atoms with van der Waals surface area (Å²) in [5.74, 6) is 0.710. The van der Waals surface area contributed by atoms with Crippen LogP contribution in [0.25, 0.3) is 0 Å². The summed E-state index contributed by atoms with van der Waals surface area (Å²) in [5, 5.41) is 3.04. The number of hydrogen-bond acceptors (Lipinski definition) is 3. The number of carbonyl (C=O) groups is 1. The molecule has 0 radical (unpaired) electrons. The Balaban J connectivity index is 4.20. The predicted molar refractivity (Wildman–Crippen MR) is 77.4 cm³/mol. The molecule has 0 aromatic heterocycles. The zero-order chi connectivity index (χ0) is 14.1. The van der Waals surface area contributed by atoms with Crippen LogP contribution in [0.5, 0.6) is 0 Å². The quantitative estimate of drug-likeness (QED) is 0.657. The Labute approximate surface area is 112 Å². The molecular formula is C14H31N3O. The molecule has 4 nitrogen and oxygen atoms in total. The van der Waals surface area contributed by atoms with Gasteiger partial charge in [0.05, 0.1) is 5.92 Å². The van der Waals surface area contributed by atoms with Crippen LogP contribution in [0.1, 0.15) is 40.0 Å². The second-order valence-electron chi connectivity index (χ2n) is 5.71. The van der Waals surface area contributed by atoms with Crippen LogP contribution >= 0.6 is 0 Å². The Morgan fingerprint density at radius 3 is 2.33 bits per heavy atom. The van der Waals surface area contributed by atoms with E-state index >= 15 is 0 Å². The maximum absolute atomic E-state index is 12.0. The van der Waals surface area contributed by atoms with E-state index in [1.807, 2.05) is 0 Å². The van der Waals surface area contributed by atoms with Crippen LogP contribution in [-0.2, 0) is 4.79 Å². The van der Waals surface area contributed by atoms with Gasteiger partial charge in [-0.25, -0.2) is 0 Å². The van der Waals surface area contributed by atoms with Crippen LogP contribution in [0.3, 0.4) is 0 Å². The Bertz CT molecular complexity index is 229. The summed E-state index contributed by atoms with van der Waals surface area (Å²) in [4.78, 5) is 14.1. The number of rotatable bonds is 9. The van der Waals surface area contributed by atoms with Gasteiger partial charge in [0.1, 0.15) is 0 Å². The van der Waals surface area contributed by atoms with Crippen LogP contribution < -0.4 is 11.1 Å². The SMILES string of the molecule is CCCC(CN)C(=O)NCC(CC(C)C)N(C)C. The van der Waals surface area contributed by atoms with Gasteiger partial charge in [0.25, 0.3) is 0 Å². The van der Waals surface area contributed by atoms with Gasteiger partial charge in [-0.3, -0.25) is 4.79 Å². The van der Waals surface area contributed by atoms with E-state index in [0.717, 1.165) is 19.3 Å². The molecule has 3 N–H and O–H groups in total. The zero-order valence-corrected chi connectivity index (χ0v) is 12.7.